The van der Waals surface area contributed by atoms with Crippen molar-refractivity contribution in [2.24, 2.45) is 7.05 Å². The summed E-state index contributed by atoms with van der Waals surface area (Å²) in [5.41, 5.74) is 0.807. The van der Waals surface area contributed by atoms with Gasteiger partial charge in [-0.2, -0.15) is 0 Å². The average molecular weight is 305 g/mol. The van der Waals surface area contributed by atoms with E-state index in [0.29, 0.717) is 5.82 Å². The van der Waals surface area contributed by atoms with Crippen LogP contribution in [0.4, 0.5) is 4.79 Å². The minimum Gasteiger partial charge on any atom is -0.480 e. The maximum Gasteiger partial charge on any atom is 0.408 e. The highest BCUT2D eigenvalue weighted by Crippen LogP contribution is 2.02. The molecule has 116 valence electrons. The number of rotatable bonds is 6. The predicted octanol–water partition coefficient (Wildman–Crippen LogP) is 0.132. The van der Waals surface area contributed by atoms with Gasteiger partial charge >= 0.3 is 12.1 Å². The lowest BCUT2D eigenvalue weighted by Gasteiger charge is -2.13. The molecule has 1 amide bonds. The number of tetrazole rings is 1. The first-order chi connectivity index (χ1) is 10.6. The third-order valence-electron chi connectivity index (χ3n) is 2.90. The Hall–Kier alpha value is -2.97. The Labute approximate surface area is 125 Å². The number of benzene rings is 1. The van der Waals surface area contributed by atoms with E-state index in [1.165, 1.54) is 4.68 Å². The van der Waals surface area contributed by atoms with Crippen LogP contribution in [-0.2, 0) is 29.6 Å². The van der Waals surface area contributed by atoms with Crippen LogP contribution in [0.25, 0.3) is 0 Å². The summed E-state index contributed by atoms with van der Waals surface area (Å²) in [6, 6.07) is 7.90. The SMILES string of the molecule is Cn1nnnc1CC(NC(=O)OCc1ccccc1)C(=O)O. The number of nitrogens with zero attached hydrogens (tertiary/aromatic N) is 4. The number of amides is 1. The minimum absolute atomic E-state index is 0.0424. The van der Waals surface area contributed by atoms with Crippen LogP contribution in [0.5, 0.6) is 0 Å². The number of nitrogens with one attached hydrogen (secondary N) is 1. The predicted molar refractivity (Wildman–Crippen MR) is 73.7 cm³/mol. The second-order valence-electron chi connectivity index (χ2n) is 4.52. The summed E-state index contributed by atoms with van der Waals surface area (Å²) < 4.78 is 6.33. The Bertz CT molecular complexity index is 643. The van der Waals surface area contributed by atoms with Gasteiger partial charge in [-0.05, 0) is 16.0 Å². The quantitative estimate of drug-likeness (QED) is 0.778. The number of carbonyl (C=O) groups excluding carboxylic acids is 1. The van der Waals surface area contributed by atoms with Gasteiger partial charge in [-0.1, -0.05) is 30.3 Å². The van der Waals surface area contributed by atoms with E-state index in [1.807, 2.05) is 18.2 Å². The molecule has 1 aromatic heterocycles. The molecule has 22 heavy (non-hydrogen) atoms. The Morgan fingerprint density at radius 3 is 2.68 bits per heavy atom. The van der Waals surface area contributed by atoms with Crippen LogP contribution in [0.15, 0.2) is 30.3 Å². The molecule has 0 aliphatic carbocycles. The fourth-order valence-electron chi connectivity index (χ4n) is 1.71. The molecule has 1 heterocycles. The van der Waals surface area contributed by atoms with E-state index in [-0.39, 0.29) is 13.0 Å². The summed E-state index contributed by atoms with van der Waals surface area (Å²) in [7, 11) is 1.59. The van der Waals surface area contributed by atoms with Crippen molar-refractivity contribution in [3.8, 4) is 0 Å². The molecule has 0 spiro atoms. The first kappa shape index (κ1) is 15.4. The number of carboxylic acids is 1. The maximum absolute atomic E-state index is 11.7. The highest BCUT2D eigenvalue weighted by molar-refractivity contribution is 5.80. The Kier molecular flexibility index (Phi) is 5.02. The smallest absolute Gasteiger partial charge is 0.408 e. The molecule has 0 saturated carbocycles. The van der Waals surface area contributed by atoms with Gasteiger partial charge in [-0.15, -0.1) is 5.10 Å². The molecule has 0 bridgehead atoms. The van der Waals surface area contributed by atoms with E-state index in [9.17, 15) is 9.59 Å². The molecule has 0 aliphatic heterocycles. The summed E-state index contributed by atoms with van der Waals surface area (Å²) in [5, 5.41) is 22.1. The van der Waals surface area contributed by atoms with E-state index in [1.54, 1.807) is 19.2 Å². The van der Waals surface area contributed by atoms with Crippen LogP contribution >= 0.6 is 0 Å². The van der Waals surface area contributed by atoms with Gasteiger partial charge < -0.3 is 15.2 Å². The van der Waals surface area contributed by atoms with Crippen LogP contribution in [0.3, 0.4) is 0 Å². The van der Waals surface area contributed by atoms with Gasteiger partial charge in [0, 0.05) is 13.5 Å². The molecule has 0 saturated heterocycles. The number of ether oxygens (including phenoxy) is 1. The molecule has 0 radical (unpaired) electrons. The van der Waals surface area contributed by atoms with Crippen LogP contribution in [-0.4, -0.2) is 43.4 Å². The van der Waals surface area contributed by atoms with Gasteiger partial charge in [0.2, 0.25) is 0 Å². The largest absolute Gasteiger partial charge is 0.480 e. The van der Waals surface area contributed by atoms with E-state index in [2.05, 4.69) is 20.8 Å². The third-order valence-corrected chi connectivity index (χ3v) is 2.90. The second kappa shape index (κ2) is 7.16. The van der Waals surface area contributed by atoms with E-state index in [0.717, 1.165) is 5.56 Å². The van der Waals surface area contributed by atoms with Crippen LogP contribution in [0.2, 0.25) is 0 Å². The molecule has 1 atom stereocenters. The molecule has 0 fully saturated rings. The van der Waals surface area contributed by atoms with E-state index >= 15 is 0 Å². The molecule has 2 aromatic rings. The van der Waals surface area contributed by atoms with E-state index in [4.69, 9.17) is 9.84 Å². The van der Waals surface area contributed by atoms with Crippen molar-refractivity contribution in [3.63, 3.8) is 0 Å². The molecule has 2 N–H and O–H groups in total. The average Bonchev–Trinajstić information content (AvgIpc) is 2.91. The van der Waals surface area contributed by atoms with Gasteiger partial charge in [0.15, 0.2) is 5.82 Å². The lowest BCUT2D eigenvalue weighted by molar-refractivity contribution is -0.139. The lowest BCUT2D eigenvalue weighted by Crippen LogP contribution is -2.43. The topological polar surface area (TPSA) is 119 Å². The van der Waals surface area contributed by atoms with Crippen molar-refractivity contribution in [1.29, 1.82) is 0 Å². The number of aliphatic carboxylic acids is 1. The standard InChI is InChI=1S/C13H15N5O4/c1-18-11(15-16-17-18)7-10(12(19)20)14-13(21)22-8-9-5-3-2-4-6-9/h2-6,10H,7-8H2,1H3,(H,14,21)(H,19,20). The summed E-state index contributed by atoms with van der Waals surface area (Å²) >= 11 is 0. The van der Waals surface area contributed by atoms with E-state index < -0.39 is 18.1 Å². The molecule has 9 nitrogen and oxygen atoms in total. The van der Waals surface area contributed by atoms with Crippen molar-refractivity contribution in [3.05, 3.63) is 41.7 Å². The number of alkyl carbamates (subject to hydrolysis) is 1. The summed E-state index contributed by atoms with van der Waals surface area (Å²) in [6.07, 6.45) is -0.856. The minimum atomic E-state index is -1.19. The van der Waals surface area contributed by atoms with Gasteiger partial charge in [-0.25, -0.2) is 14.3 Å². The van der Waals surface area contributed by atoms with Crippen molar-refractivity contribution < 1.29 is 19.4 Å². The van der Waals surface area contributed by atoms with Crippen LogP contribution in [0, 0.1) is 0 Å². The molecule has 1 aromatic carbocycles. The molecule has 9 heteroatoms. The summed E-state index contributed by atoms with van der Waals surface area (Å²) in [5.74, 6) is -0.851. The Morgan fingerprint density at radius 1 is 1.36 bits per heavy atom. The number of aromatic nitrogens is 4. The zero-order valence-electron chi connectivity index (χ0n) is 11.8. The number of hydrogen-bond acceptors (Lipinski definition) is 6. The molecule has 2 rings (SSSR count). The third kappa shape index (κ3) is 4.27. The Balaban J connectivity index is 1.89. The number of hydrogen-bond donors (Lipinski definition) is 2. The monoisotopic (exact) mass is 305 g/mol. The molecular formula is C13H15N5O4. The summed E-state index contributed by atoms with van der Waals surface area (Å²) in [6.45, 7) is 0.0600. The fraction of sp³-hybridized carbons (Fsp3) is 0.308. The van der Waals surface area contributed by atoms with Crippen molar-refractivity contribution >= 4 is 12.1 Å². The molecule has 1 unspecified atom stereocenters. The van der Waals surface area contributed by atoms with Gasteiger partial charge in [0.25, 0.3) is 0 Å². The fourth-order valence-corrected chi connectivity index (χ4v) is 1.71. The van der Waals surface area contributed by atoms with Crippen molar-refractivity contribution in [2.45, 2.75) is 19.1 Å². The van der Waals surface area contributed by atoms with Crippen molar-refractivity contribution in [2.75, 3.05) is 0 Å². The van der Waals surface area contributed by atoms with Gasteiger partial charge in [-0.3, -0.25) is 0 Å². The highest BCUT2D eigenvalue weighted by atomic mass is 16.5. The second-order valence-corrected chi connectivity index (χ2v) is 4.52. The van der Waals surface area contributed by atoms with Crippen LogP contribution < -0.4 is 5.32 Å². The first-order valence-corrected chi connectivity index (χ1v) is 6.47. The zero-order valence-corrected chi connectivity index (χ0v) is 11.8. The zero-order chi connectivity index (χ0) is 15.9. The number of carboxylic acid groups (broad SMARTS) is 1. The Morgan fingerprint density at radius 2 is 2.09 bits per heavy atom. The summed E-state index contributed by atoms with van der Waals surface area (Å²) in [4.78, 5) is 22.9. The first-order valence-electron chi connectivity index (χ1n) is 6.47. The van der Waals surface area contributed by atoms with Crippen LogP contribution in [0.1, 0.15) is 11.4 Å². The van der Waals surface area contributed by atoms with Gasteiger partial charge in [0.05, 0.1) is 0 Å². The highest BCUT2D eigenvalue weighted by Gasteiger charge is 2.23. The lowest BCUT2D eigenvalue weighted by atomic mass is 10.2. The van der Waals surface area contributed by atoms with Crippen molar-refractivity contribution in [1.82, 2.24) is 25.5 Å². The maximum atomic E-state index is 11.7. The molecular weight excluding hydrogens is 290 g/mol. The molecule has 0 aliphatic rings. The number of aryl methyl sites for hydroxylation is 1. The normalized spacial score (nSPS) is 11.7. The number of carbonyl (C=O) groups is 2. The van der Waals surface area contributed by atoms with Gasteiger partial charge in [0.1, 0.15) is 12.6 Å².